The third-order valence-electron chi connectivity index (χ3n) is 5.89. The van der Waals surface area contributed by atoms with Crippen LogP contribution < -0.4 is 10.2 Å². The van der Waals surface area contributed by atoms with E-state index in [0.29, 0.717) is 26.6 Å². The van der Waals surface area contributed by atoms with Crippen molar-refractivity contribution in [3.05, 3.63) is 125 Å². The van der Waals surface area contributed by atoms with Gasteiger partial charge in [-0.1, -0.05) is 36.4 Å². The van der Waals surface area contributed by atoms with Crippen molar-refractivity contribution in [1.82, 2.24) is 5.32 Å². The van der Waals surface area contributed by atoms with Crippen LogP contribution in [-0.2, 0) is 23.9 Å². The number of nitrogens with zero attached hydrogens (tertiary/aromatic N) is 1. The molecule has 4 aromatic carbocycles. The van der Waals surface area contributed by atoms with Crippen LogP contribution in [0.15, 0.2) is 101 Å². The standard InChI is InChI=1S/C28H20F2N2O3S/c29-21-10-5-18(6-11-21)16-31-27(33)20-9-14-26-24(15-20)32(17-19-7-12-22(30)13-8-19)28(34)23-3-1-2-4-25(23)36(26)35/h1-15H,16-17H2,(H,31,33)/t36-/m1/s1. The normalized spacial score (nSPS) is 14.6. The molecule has 0 aromatic heterocycles. The molecule has 5 rings (SSSR count). The third kappa shape index (κ3) is 4.67. The maximum atomic E-state index is 13.6. The van der Waals surface area contributed by atoms with Crippen molar-refractivity contribution in [2.24, 2.45) is 0 Å². The number of anilines is 1. The summed E-state index contributed by atoms with van der Waals surface area (Å²) in [5.74, 6) is -1.53. The number of carbonyl (C=O) groups is 2. The van der Waals surface area contributed by atoms with Crippen molar-refractivity contribution in [3.63, 3.8) is 0 Å². The van der Waals surface area contributed by atoms with Crippen LogP contribution in [0.4, 0.5) is 14.5 Å². The predicted octanol–water partition coefficient (Wildman–Crippen LogP) is 5.22. The smallest absolute Gasteiger partial charge is 0.259 e. The predicted molar refractivity (Wildman–Crippen MR) is 132 cm³/mol. The van der Waals surface area contributed by atoms with Gasteiger partial charge in [-0.25, -0.2) is 13.0 Å². The van der Waals surface area contributed by atoms with Crippen LogP contribution in [-0.4, -0.2) is 16.0 Å². The van der Waals surface area contributed by atoms with Crippen LogP contribution in [0.1, 0.15) is 31.8 Å². The lowest BCUT2D eigenvalue weighted by atomic mass is 10.1. The molecule has 1 aliphatic heterocycles. The van der Waals surface area contributed by atoms with E-state index in [2.05, 4.69) is 5.32 Å². The van der Waals surface area contributed by atoms with Crippen molar-refractivity contribution in [2.75, 3.05) is 4.90 Å². The SMILES string of the molecule is O=C(NCc1ccc(F)cc1)c1ccc2c(c1)N(Cc1ccc(F)cc1)C(=O)c1ccccc1[S@]2=O. The van der Waals surface area contributed by atoms with E-state index in [-0.39, 0.29) is 30.4 Å². The summed E-state index contributed by atoms with van der Waals surface area (Å²) < 4.78 is 40.1. The quantitative estimate of drug-likeness (QED) is 0.407. The Hall–Kier alpha value is -4.17. The van der Waals surface area contributed by atoms with Crippen molar-refractivity contribution in [2.45, 2.75) is 22.9 Å². The summed E-state index contributed by atoms with van der Waals surface area (Å²) in [7, 11) is -1.66. The monoisotopic (exact) mass is 502 g/mol. The summed E-state index contributed by atoms with van der Waals surface area (Å²) in [6.07, 6.45) is 0. The Balaban J connectivity index is 1.52. The molecular weight excluding hydrogens is 482 g/mol. The van der Waals surface area contributed by atoms with Crippen LogP contribution in [0, 0.1) is 11.6 Å². The van der Waals surface area contributed by atoms with Gasteiger partial charge in [0.25, 0.3) is 11.8 Å². The van der Waals surface area contributed by atoms with Gasteiger partial charge in [-0.05, 0) is 65.7 Å². The van der Waals surface area contributed by atoms with Crippen molar-refractivity contribution >= 4 is 28.3 Å². The lowest BCUT2D eigenvalue weighted by Crippen LogP contribution is -2.31. The van der Waals surface area contributed by atoms with Crippen LogP contribution in [0.2, 0.25) is 0 Å². The zero-order chi connectivity index (χ0) is 25.2. The fourth-order valence-corrected chi connectivity index (χ4v) is 5.37. The third-order valence-corrected chi connectivity index (χ3v) is 7.39. The molecule has 0 saturated heterocycles. The minimum atomic E-state index is -1.66. The first kappa shape index (κ1) is 23.6. The minimum Gasteiger partial charge on any atom is -0.348 e. The van der Waals surface area contributed by atoms with Gasteiger partial charge in [0.2, 0.25) is 0 Å². The fraction of sp³-hybridized carbons (Fsp3) is 0.0714. The average Bonchev–Trinajstić information content (AvgIpc) is 2.98. The van der Waals surface area contributed by atoms with Gasteiger partial charge in [0.1, 0.15) is 11.6 Å². The maximum absolute atomic E-state index is 13.6. The van der Waals surface area contributed by atoms with Gasteiger partial charge in [0.15, 0.2) is 0 Å². The number of hydrogen-bond acceptors (Lipinski definition) is 3. The van der Waals surface area contributed by atoms with Gasteiger partial charge >= 0.3 is 0 Å². The number of nitrogens with one attached hydrogen (secondary N) is 1. The van der Waals surface area contributed by atoms with E-state index in [1.165, 1.54) is 29.2 Å². The van der Waals surface area contributed by atoms with E-state index in [1.807, 2.05) is 0 Å². The molecular formula is C28H20F2N2O3S. The number of amides is 2. The molecule has 1 atom stereocenters. The van der Waals surface area contributed by atoms with E-state index < -0.39 is 22.5 Å². The Morgan fingerprint density at radius 2 is 1.44 bits per heavy atom. The molecule has 0 spiro atoms. The molecule has 8 heteroatoms. The maximum Gasteiger partial charge on any atom is 0.259 e. The molecule has 4 aromatic rings. The highest BCUT2D eigenvalue weighted by Gasteiger charge is 2.31. The van der Waals surface area contributed by atoms with Gasteiger partial charge in [0.05, 0.1) is 38.4 Å². The van der Waals surface area contributed by atoms with E-state index >= 15 is 0 Å². The summed E-state index contributed by atoms with van der Waals surface area (Å²) in [4.78, 5) is 28.8. The van der Waals surface area contributed by atoms with Crippen molar-refractivity contribution < 1.29 is 22.6 Å². The second-order valence-electron chi connectivity index (χ2n) is 8.27. The number of rotatable bonds is 5. The summed E-state index contributed by atoms with van der Waals surface area (Å²) in [6, 6.07) is 22.9. The first-order valence-corrected chi connectivity index (χ1v) is 12.3. The van der Waals surface area contributed by atoms with Crippen molar-refractivity contribution in [3.8, 4) is 0 Å². The fourth-order valence-electron chi connectivity index (χ4n) is 4.02. The van der Waals surface area contributed by atoms with Gasteiger partial charge in [-0.15, -0.1) is 0 Å². The number of halogens is 2. The van der Waals surface area contributed by atoms with Gasteiger partial charge < -0.3 is 10.2 Å². The van der Waals surface area contributed by atoms with E-state index in [0.717, 1.165) is 5.56 Å². The molecule has 0 aliphatic carbocycles. The molecule has 5 nitrogen and oxygen atoms in total. The Morgan fingerprint density at radius 3 is 2.14 bits per heavy atom. The molecule has 1 heterocycles. The zero-order valence-electron chi connectivity index (χ0n) is 18.9. The molecule has 1 N–H and O–H groups in total. The van der Waals surface area contributed by atoms with Gasteiger partial charge in [-0.2, -0.15) is 0 Å². The van der Waals surface area contributed by atoms with Crippen LogP contribution in [0.5, 0.6) is 0 Å². The van der Waals surface area contributed by atoms with Gasteiger partial charge in [-0.3, -0.25) is 9.59 Å². The first-order valence-electron chi connectivity index (χ1n) is 11.1. The number of carbonyl (C=O) groups excluding carboxylic acids is 2. The van der Waals surface area contributed by atoms with E-state index in [9.17, 15) is 22.6 Å². The second-order valence-corrected chi connectivity index (χ2v) is 9.69. The molecule has 0 bridgehead atoms. The molecule has 1 aliphatic rings. The highest BCUT2D eigenvalue weighted by molar-refractivity contribution is 7.85. The average molecular weight is 503 g/mol. The molecule has 2 amide bonds. The first-order chi connectivity index (χ1) is 17.4. The zero-order valence-corrected chi connectivity index (χ0v) is 19.7. The second kappa shape index (κ2) is 9.83. The lowest BCUT2D eigenvalue weighted by Gasteiger charge is -2.23. The Bertz CT molecular complexity index is 1490. The van der Waals surface area contributed by atoms with Crippen molar-refractivity contribution in [1.29, 1.82) is 0 Å². The molecule has 36 heavy (non-hydrogen) atoms. The summed E-state index contributed by atoms with van der Waals surface area (Å²) in [6.45, 7) is 0.282. The lowest BCUT2D eigenvalue weighted by molar-refractivity contribution is 0.0947. The molecule has 0 saturated carbocycles. The highest BCUT2D eigenvalue weighted by atomic mass is 32.2. The number of hydrogen-bond donors (Lipinski definition) is 1. The Morgan fingerprint density at radius 1 is 0.806 bits per heavy atom. The Kier molecular flexibility index (Phi) is 6.43. The number of fused-ring (bicyclic) bond motifs is 2. The van der Waals surface area contributed by atoms with E-state index in [4.69, 9.17) is 0 Å². The largest absolute Gasteiger partial charge is 0.348 e. The Labute approximate surface area is 208 Å². The summed E-state index contributed by atoms with van der Waals surface area (Å²) >= 11 is 0. The number of benzene rings is 4. The summed E-state index contributed by atoms with van der Waals surface area (Å²) in [5.41, 5.74) is 2.32. The van der Waals surface area contributed by atoms with E-state index in [1.54, 1.807) is 66.7 Å². The highest BCUT2D eigenvalue weighted by Crippen LogP contribution is 2.36. The molecule has 0 unspecified atom stereocenters. The van der Waals surface area contributed by atoms with Crippen LogP contribution in [0.3, 0.4) is 0 Å². The molecule has 0 fully saturated rings. The van der Waals surface area contributed by atoms with Gasteiger partial charge in [0, 0.05) is 12.1 Å². The van der Waals surface area contributed by atoms with Crippen LogP contribution >= 0.6 is 0 Å². The topological polar surface area (TPSA) is 66.5 Å². The molecule has 0 radical (unpaired) electrons. The van der Waals surface area contributed by atoms with Crippen LogP contribution in [0.25, 0.3) is 0 Å². The minimum absolute atomic E-state index is 0.0955. The molecule has 180 valence electrons. The summed E-state index contributed by atoms with van der Waals surface area (Å²) in [5, 5.41) is 2.79.